The third-order valence-corrected chi connectivity index (χ3v) is 7.41. The lowest BCUT2D eigenvalue weighted by Crippen LogP contribution is -2.52. The summed E-state index contributed by atoms with van der Waals surface area (Å²) in [6.45, 7) is 9.79. The lowest BCUT2D eigenvalue weighted by atomic mass is 9.91. The highest BCUT2D eigenvalue weighted by molar-refractivity contribution is 5.97. The Hall–Kier alpha value is -3.63. The smallest absolute Gasteiger partial charge is 0.408 e. The van der Waals surface area contributed by atoms with Crippen LogP contribution in [-0.4, -0.2) is 73.6 Å². The number of rotatable bonds is 9. The maximum atomic E-state index is 13.3. The molecule has 2 aromatic carbocycles. The molecule has 0 radical (unpaired) electrons. The number of carboxylic acid groups (broad SMARTS) is 1. The molecule has 2 aromatic rings. The Morgan fingerprint density at radius 2 is 1.76 bits per heavy atom. The number of hydrogen-bond acceptors (Lipinski definition) is 7. The summed E-state index contributed by atoms with van der Waals surface area (Å²) in [5.74, 6) is -0.804. The van der Waals surface area contributed by atoms with Crippen LogP contribution in [0.2, 0.25) is 0 Å². The highest BCUT2D eigenvalue weighted by Gasteiger charge is 2.28. The Morgan fingerprint density at radius 1 is 1.07 bits per heavy atom. The molecule has 2 aliphatic heterocycles. The molecule has 0 spiro atoms. The molecule has 2 amide bonds. The van der Waals surface area contributed by atoms with Crippen LogP contribution in [0.15, 0.2) is 48.5 Å². The second kappa shape index (κ2) is 13.8. The normalized spacial score (nSPS) is 18.8. The number of carbonyl (C=O) groups is 3. The summed E-state index contributed by atoms with van der Waals surface area (Å²) in [6.07, 6.45) is 2.92. The first-order chi connectivity index (χ1) is 19.6. The summed E-state index contributed by atoms with van der Waals surface area (Å²) in [7, 11) is 0. The molecule has 10 nitrogen and oxygen atoms in total. The van der Waals surface area contributed by atoms with Gasteiger partial charge in [0, 0.05) is 56.7 Å². The Morgan fingerprint density at radius 3 is 2.39 bits per heavy atom. The molecule has 2 aliphatic rings. The van der Waals surface area contributed by atoms with Crippen molar-refractivity contribution in [2.45, 2.75) is 64.1 Å². The Bertz CT molecular complexity index is 1170. The van der Waals surface area contributed by atoms with Crippen LogP contribution in [0, 0.1) is 5.92 Å². The van der Waals surface area contributed by atoms with E-state index in [2.05, 4.69) is 33.0 Å². The van der Waals surface area contributed by atoms with E-state index in [1.807, 2.05) is 12.1 Å². The summed E-state index contributed by atoms with van der Waals surface area (Å²) in [6, 6.07) is 13.6. The minimum atomic E-state index is -1.05. The van der Waals surface area contributed by atoms with Crippen LogP contribution in [-0.2, 0) is 20.7 Å². The third-order valence-electron chi connectivity index (χ3n) is 7.41. The molecule has 2 heterocycles. The van der Waals surface area contributed by atoms with Crippen molar-refractivity contribution in [2.75, 3.05) is 43.1 Å². The van der Waals surface area contributed by atoms with E-state index in [-0.39, 0.29) is 12.0 Å². The van der Waals surface area contributed by atoms with Gasteiger partial charge in [0.25, 0.3) is 0 Å². The molecule has 0 bridgehead atoms. The molecule has 222 valence electrons. The minimum Gasteiger partial charge on any atom is -0.478 e. The SMILES string of the molecule is CC(C)(C)OC(=O)NC(Cc1ccc(N2CCNCC2CC2CCOCC2)cc1)C(=O)Nc1ccc(C(=O)O)cc1. The zero-order valence-corrected chi connectivity index (χ0v) is 24.2. The van der Waals surface area contributed by atoms with E-state index in [0.29, 0.717) is 17.6 Å². The number of carbonyl (C=O) groups excluding carboxylic acids is 2. The molecule has 2 fully saturated rings. The van der Waals surface area contributed by atoms with Crippen LogP contribution in [0.25, 0.3) is 0 Å². The second-order valence-electron chi connectivity index (χ2n) is 11.8. The number of alkyl carbamates (subject to hydrolysis) is 1. The zero-order valence-electron chi connectivity index (χ0n) is 24.2. The van der Waals surface area contributed by atoms with Crippen LogP contribution in [0.4, 0.5) is 16.2 Å². The average molecular weight is 567 g/mol. The highest BCUT2D eigenvalue weighted by Crippen LogP contribution is 2.27. The van der Waals surface area contributed by atoms with Crippen LogP contribution >= 0.6 is 0 Å². The van der Waals surface area contributed by atoms with Crippen molar-refractivity contribution in [2.24, 2.45) is 5.92 Å². The van der Waals surface area contributed by atoms with E-state index in [1.165, 1.54) is 24.3 Å². The van der Waals surface area contributed by atoms with Gasteiger partial charge >= 0.3 is 12.1 Å². The van der Waals surface area contributed by atoms with Crippen molar-refractivity contribution < 1.29 is 29.0 Å². The number of aromatic carboxylic acids is 1. The second-order valence-corrected chi connectivity index (χ2v) is 11.8. The predicted molar refractivity (Wildman–Crippen MR) is 157 cm³/mol. The van der Waals surface area contributed by atoms with Crippen LogP contribution in [0.3, 0.4) is 0 Å². The largest absolute Gasteiger partial charge is 0.478 e. The number of piperazine rings is 1. The van der Waals surface area contributed by atoms with E-state index in [0.717, 1.165) is 63.4 Å². The fraction of sp³-hybridized carbons (Fsp3) is 0.516. The standard InChI is InChI=1S/C31H42N4O6/c1-31(2,3)41-30(39)34-27(28(36)33-24-8-6-23(7-9-24)29(37)38)19-21-4-10-25(11-5-21)35-15-14-32-20-26(35)18-22-12-16-40-17-13-22/h4-11,22,26-27,32H,12-20H2,1-3H3,(H,33,36)(H,34,39)(H,37,38). The fourth-order valence-electron chi connectivity index (χ4n) is 5.32. The fourth-order valence-corrected chi connectivity index (χ4v) is 5.32. The molecule has 0 aliphatic carbocycles. The molecule has 2 saturated heterocycles. The van der Waals surface area contributed by atoms with Crippen molar-refractivity contribution in [1.82, 2.24) is 10.6 Å². The van der Waals surface area contributed by atoms with Crippen molar-refractivity contribution in [1.29, 1.82) is 0 Å². The number of nitrogens with zero attached hydrogens (tertiary/aromatic N) is 1. The maximum absolute atomic E-state index is 13.3. The van der Waals surface area contributed by atoms with E-state index in [9.17, 15) is 14.4 Å². The molecule has 41 heavy (non-hydrogen) atoms. The summed E-state index contributed by atoms with van der Waals surface area (Å²) >= 11 is 0. The number of nitrogens with one attached hydrogen (secondary N) is 3. The molecular weight excluding hydrogens is 524 g/mol. The number of hydrogen-bond donors (Lipinski definition) is 4. The summed E-state index contributed by atoms with van der Waals surface area (Å²) < 4.78 is 10.9. The van der Waals surface area contributed by atoms with Gasteiger partial charge in [-0.25, -0.2) is 9.59 Å². The van der Waals surface area contributed by atoms with Gasteiger partial charge in [-0.1, -0.05) is 12.1 Å². The number of anilines is 2. The van der Waals surface area contributed by atoms with Gasteiger partial charge in [0.1, 0.15) is 11.6 Å². The van der Waals surface area contributed by atoms with Crippen molar-refractivity contribution in [3.8, 4) is 0 Å². The summed E-state index contributed by atoms with van der Waals surface area (Å²) in [5.41, 5.74) is 1.87. The van der Waals surface area contributed by atoms with Gasteiger partial charge in [0.2, 0.25) is 5.91 Å². The molecule has 0 aromatic heterocycles. The van der Waals surface area contributed by atoms with E-state index < -0.39 is 29.6 Å². The van der Waals surface area contributed by atoms with Gasteiger partial charge in [0.05, 0.1) is 5.56 Å². The van der Waals surface area contributed by atoms with Gasteiger partial charge in [0.15, 0.2) is 0 Å². The van der Waals surface area contributed by atoms with E-state index in [4.69, 9.17) is 14.6 Å². The highest BCUT2D eigenvalue weighted by atomic mass is 16.6. The molecule has 4 N–H and O–H groups in total. The van der Waals surface area contributed by atoms with Gasteiger partial charge in [-0.2, -0.15) is 0 Å². The number of carboxylic acids is 1. The number of ether oxygens (including phenoxy) is 2. The molecule has 10 heteroatoms. The van der Waals surface area contributed by atoms with Crippen molar-refractivity contribution in [3.05, 3.63) is 59.7 Å². The maximum Gasteiger partial charge on any atom is 0.408 e. The molecular formula is C31H42N4O6. The monoisotopic (exact) mass is 566 g/mol. The third kappa shape index (κ3) is 9.19. The topological polar surface area (TPSA) is 129 Å². The lowest BCUT2D eigenvalue weighted by molar-refractivity contribution is -0.118. The molecule has 2 unspecified atom stereocenters. The van der Waals surface area contributed by atoms with Crippen molar-refractivity contribution >= 4 is 29.3 Å². The number of benzene rings is 2. The molecule has 0 saturated carbocycles. The van der Waals surface area contributed by atoms with E-state index >= 15 is 0 Å². The quantitative estimate of drug-likeness (QED) is 0.358. The molecule has 4 rings (SSSR count). The van der Waals surface area contributed by atoms with Gasteiger partial charge in [-0.15, -0.1) is 0 Å². The Labute approximate surface area is 241 Å². The zero-order chi connectivity index (χ0) is 29.4. The molecule has 2 atom stereocenters. The minimum absolute atomic E-state index is 0.117. The predicted octanol–water partition coefficient (Wildman–Crippen LogP) is 4.05. The Balaban J connectivity index is 1.45. The van der Waals surface area contributed by atoms with Gasteiger partial charge < -0.3 is 35.4 Å². The van der Waals surface area contributed by atoms with E-state index in [1.54, 1.807) is 20.8 Å². The first kappa shape index (κ1) is 30.3. The average Bonchev–Trinajstić information content (AvgIpc) is 2.93. The summed E-state index contributed by atoms with van der Waals surface area (Å²) in [5, 5.41) is 18.2. The van der Waals surface area contributed by atoms with Crippen LogP contribution in [0.1, 0.15) is 56.0 Å². The Kier molecular flexibility index (Phi) is 10.2. The lowest BCUT2D eigenvalue weighted by Gasteiger charge is -2.40. The summed E-state index contributed by atoms with van der Waals surface area (Å²) in [4.78, 5) is 39.5. The first-order valence-corrected chi connectivity index (χ1v) is 14.3. The van der Waals surface area contributed by atoms with Crippen LogP contribution < -0.4 is 20.9 Å². The van der Waals surface area contributed by atoms with Gasteiger partial charge in [-0.05, 0) is 87.9 Å². The van der Waals surface area contributed by atoms with Gasteiger partial charge in [-0.3, -0.25) is 4.79 Å². The number of amides is 2. The van der Waals surface area contributed by atoms with Crippen molar-refractivity contribution in [3.63, 3.8) is 0 Å². The first-order valence-electron chi connectivity index (χ1n) is 14.3. The van der Waals surface area contributed by atoms with Crippen LogP contribution in [0.5, 0.6) is 0 Å².